The number of hydrogen-bond donors (Lipinski definition) is 1. The van der Waals surface area contributed by atoms with Crippen LogP contribution in [0.15, 0.2) is 0 Å². The first-order chi connectivity index (χ1) is 10.3. The summed E-state index contributed by atoms with van der Waals surface area (Å²) in [6.07, 6.45) is 7.46. The third-order valence-electron chi connectivity index (χ3n) is 6.72. The molecule has 4 fully saturated rings. The fraction of sp³-hybridized carbons (Fsp3) is 0.947. The van der Waals surface area contributed by atoms with Crippen LogP contribution in [-0.4, -0.2) is 37.0 Å². The van der Waals surface area contributed by atoms with Gasteiger partial charge in [0, 0.05) is 13.1 Å². The quantitative estimate of drug-likeness (QED) is 0.815. The van der Waals surface area contributed by atoms with Crippen molar-refractivity contribution in [2.24, 2.45) is 22.2 Å². The summed E-state index contributed by atoms with van der Waals surface area (Å²) < 4.78 is 0. The zero-order valence-electron chi connectivity index (χ0n) is 15.0. The highest BCUT2D eigenvalue weighted by Crippen LogP contribution is 2.69. The summed E-state index contributed by atoms with van der Waals surface area (Å²) in [5.41, 5.74) is 0.793. The van der Waals surface area contributed by atoms with Crippen molar-refractivity contribution >= 4 is 5.91 Å². The first-order valence-electron chi connectivity index (χ1n) is 9.33. The van der Waals surface area contributed by atoms with E-state index in [0.717, 1.165) is 51.4 Å². The Kier molecular flexibility index (Phi) is 4.08. The van der Waals surface area contributed by atoms with E-state index >= 15 is 0 Å². The summed E-state index contributed by atoms with van der Waals surface area (Å²) >= 11 is 0. The van der Waals surface area contributed by atoms with Gasteiger partial charge >= 0.3 is 0 Å². The molecule has 0 heterocycles. The van der Waals surface area contributed by atoms with E-state index in [9.17, 15) is 4.79 Å². The highest BCUT2D eigenvalue weighted by atomic mass is 16.2. The van der Waals surface area contributed by atoms with E-state index in [1.807, 2.05) is 0 Å². The van der Waals surface area contributed by atoms with Crippen molar-refractivity contribution < 1.29 is 4.79 Å². The van der Waals surface area contributed by atoms with Gasteiger partial charge in [-0.2, -0.15) is 0 Å². The number of nitrogens with one attached hydrogen (secondary N) is 1. The average molecular weight is 306 g/mol. The van der Waals surface area contributed by atoms with Crippen LogP contribution in [-0.2, 0) is 4.79 Å². The molecule has 4 aliphatic carbocycles. The summed E-state index contributed by atoms with van der Waals surface area (Å²) in [7, 11) is 0. The second kappa shape index (κ2) is 5.51. The molecule has 0 radical (unpaired) electrons. The SMILES string of the molecule is CCN(CC)CCNC(=O)C12CC3C[C@](C)(C1)C[C@](C)(C3)C2. The number of carbonyl (C=O) groups excluding carboxylic acids is 1. The largest absolute Gasteiger partial charge is 0.354 e. The standard InChI is InChI=1S/C19H34N2O/c1-5-21(6-2)8-7-20-16(22)19-11-15-9-17(3,13-19)12-18(4,10-15)14-19/h15H,5-14H2,1-4H3,(H,20,22)/t15?,17-,18-,19?/m0/s1. The maximum absolute atomic E-state index is 13.0. The molecule has 1 N–H and O–H groups in total. The van der Waals surface area contributed by atoms with Crippen LogP contribution in [0.5, 0.6) is 0 Å². The minimum Gasteiger partial charge on any atom is -0.354 e. The molecule has 0 saturated heterocycles. The first-order valence-corrected chi connectivity index (χ1v) is 9.33. The fourth-order valence-electron chi connectivity index (χ4n) is 6.76. The molecule has 4 bridgehead atoms. The Morgan fingerprint density at radius 2 is 1.64 bits per heavy atom. The van der Waals surface area contributed by atoms with Gasteiger partial charge in [-0.15, -0.1) is 0 Å². The van der Waals surface area contributed by atoms with Gasteiger partial charge in [0.1, 0.15) is 0 Å². The van der Waals surface area contributed by atoms with Gasteiger partial charge in [-0.3, -0.25) is 4.79 Å². The van der Waals surface area contributed by atoms with Crippen molar-refractivity contribution in [1.29, 1.82) is 0 Å². The van der Waals surface area contributed by atoms with Crippen LogP contribution in [0, 0.1) is 22.2 Å². The summed E-state index contributed by atoms with van der Waals surface area (Å²) in [6, 6.07) is 0. The highest BCUT2D eigenvalue weighted by molar-refractivity contribution is 5.83. The molecule has 0 aromatic rings. The monoisotopic (exact) mass is 306 g/mol. The number of hydrogen-bond acceptors (Lipinski definition) is 2. The average Bonchev–Trinajstić information content (AvgIpc) is 2.39. The molecule has 1 amide bonds. The number of likely N-dealkylation sites (N-methyl/N-ethyl adjacent to an activating group) is 1. The molecule has 0 aromatic heterocycles. The molecule has 0 aliphatic heterocycles. The van der Waals surface area contributed by atoms with Crippen molar-refractivity contribution in [2.45, 2.75) is 66.2 Å². The van der Waals surface area contributed by atoms with E-state index in [2.05, 4.69) is 37.9 Å². The number of carbonyl (C=O) groups is 1. The van der Waals surface area contributed by atoms with Gasteiger partial charge in [0.2, 0.25) is 5.91 Å². The van der Waals surface area contributed by atoms with Gasteiger partial charge in [-0.1, -0.05) is 27.7 Å². The molecule has 0 unspecified atom stereocenters. The van der Waals surface area contributed by atoms with Crippen molar-refractivity contribution in [3.8, 4) is 0 Å². The maximum Gasteiger partial charge on any atom is 0.226 e. The van der Waals surface area contributed by atoms with E-state index in [1.54, 1.807) is 0 Å². The van der Waals surface area contributed by atoms with Crippen molar-refractivity contribution in [3.05, 3.63) is 0 Å². The molecule has 4 saturated carbocycles. The molecular formula is C19H34N2O. The van der Waals surface area contributed by atoms with E-state index in [-0.39, 0.29) is 5.41 Å². The number of rotatable bonds is 6. The van der Waals surface area contributed by atoms with Crippen molar-refractivity contribution in [1.82, 2.24) is 10.2 Å². The summed E-state index contributed by atoms with van der Waals surface area (Å²) in [4.78, 5) is 15.4. The van der Waals surface area contributed by atoms with E-state index in [0.29, 0.717) is 16.7 Å². The molecule has 4 rings (SSSR count). The Morgan fingerprint density at radius 1 is 1.05 bits per heavy atom. The second-order valence-corrected chi connectivity index (χ2v) is 9.19. The van der Waals surface area contributed by atoms with Crippen molar-refractivity contribution in [2.75, 3.05) is 26.2 Å². The Balaban J connectivity index is 1.65. The molecule has 0 aromatic carbocycles. The molecule has 3 nitrogen and oxygen atoms in total. The third-order valence-corrected chi connectivity index (χ3v) is 6.72. The molecule has 0 spiro atoms. The van der Waals surface area contributed by atoms with Crippen LogP contribution in [0.2, 0.25) is 0 Å². The van der Waals surface area contributed by atoms with Crippen LogP contribution in [0.25, 0.3) is 0 Å². The van der Waals surface area contributed by atoms with Gasteiger partial charge < -0.3 is 10.2 Å². The lowest BCUT2D eigenvalue weighted by Gasteiger charge is -2.64. The molecule has 126 valence electrons. The predicted molar refractivity (Wildman–Crippen MR) is 90.6 cm³/mol. The third kappa shape index (κ3) is 2.81. The Morgan fingerprint density at radius 3 is 2.14 bits per heavy atom. The van der Waals surface area contributed by atoms with Crippen LogP contribution < -0.4 is 5.32 Å². The van der Waals surface area contributed by atoms with Crippen LogP contribution in [0.3, 0.4) is 0 Å². The van der Waals surface area contributed by atoms with Crippen LogP contribution in [0.1, 0.15) is 66.2 Å². The Hall–Kier alpha value is -0.570. The molecule has 4 aliphatic rings. The highest BCUT2D eigenvalue weighted by Gasteiger charge is 2.62. The zero-order valence-corrected chi connectivity index (χ0v) is 15.0. The maximum atomic E-state index is 13.0. The minimum absolute atomic E-state index is 0.0494. The molecular weight excluding hydrogens is 272 g/mol. The summed E-state index contributed by atoms with van der Waals surface area (Å²) in [6.45, 7) is 13.2. The Bertz CT molecular complexity index is 425. The predicted octanol–water partition coefficient (Wildman–Crippen LogP) is 3.44. The lowest BCUT2D eigenvalue weighted by Crippen LogP contribution is -2.60. The summed E-state index contributed by atoms with van der Waals surface area (Å²) in [5, 5.41) is 3.29. The number of nitrogens with zero attached hydrogens (tertiary/aromatic N) is 1. The lowest BCUT2D eigenvalue weighted by molar-refractivity contribution is -0.170. The summed E-state index contributed by atoms with van der Waals surface area (Å²) in [5.74, 6) is 1.15. The van der Waals surface area contributed by atoms with Crippen molar-refractivity contribution in [3.63, 3.8) is 0 Å². The van der Waals surface area contributed by atoms with Gasteiger partial charge in [0.05, 0.1) is 5.41 Å². The van der Waals surface area contributed by atoms with E-state index in [1.165, 1.54) is 19.3 Å². The minimum atomic E-state index is -0.0494. The van der Waals surface area contributed by atoms with Gasteiger partial charge in [0.15, 0.2) is 0 Å². The normalized spacial score (nSPS) is 42.9. The van der Waals surface area contributed by atoms with E-state index < -0.39 is 0 Å². The zero-order chi connectivity index (χ0) is 16.0. The van der Waals surface area contributed by atoms with Crippen LogP contribution in [0.4, 0.5) is 0 Å². The van der Waals surface area contributed by atoms with Gasteiger partial charge in [0.25, 0.3) is 0 Å². The number of amides is 1. The molecule has 3 heteroatoms. The first kappa shape index (κ1) is 16.3. The smallest absolute Gasteiger partial charge is 0.226 e. The van der Waals surface area contributed by atoms with Gasteiger partial charge in [-0.25, -0.2) is 0 Å². The van der Waals surface area contributed by atoms with Crippen LogP contribution >= 0.6 is 0 Å². The van der Waals surface area contributed by atoms with E-state index in [4.69, 9.17) is 0 Å². The second-order valence-electron chi connectivity index (χ2n) is 9.19. The Labute approximate surface area is 136 Å². The van der Waals surface area contributed by atoms with Gasteiger partial charge in [-0.05, 0) is 68.4 Å². The lowest BCUT2D eigenvalue weighted by atomic mass is 9.40. The molecule has 2 atom stereocenters. The molecule has 22 heavy (non-hydrogen) atoms. The fourth-order valence-corrected chi connectivity index (χ4v) is 6.76. The topological polar surface area (TPSA) is 32.3 Å².